The lowest BCUT2D eigenvalue weighted by molar-refractivity contribution is 0.0695. The number of thiophene rings is 1. The largest absolute Gasteiger partial charge is 0.506 e. The summed E-state index contributed by atoms with van der Waals surface area (Å²) in [5, 5.41) is 23.1. The first-order valence-corrected chi connectivity index (χ1v) is 7.78. The first-order chi connectivity index (χ1) is 11.0. The van der Waals surface area contributed by atoms with E-state index >= 15 is 0 Å². The smallest absolute Gasteiger partial charge is 0.341 e. The van der Waals surface area contributed by atoms with Crippen LogP contribution in [0.1, 0.15) is 17.3 Å². The molecule has 0 fully saturated rings. The van der Waals surface area contributed by atoms with Gasteiger partial charge in [0.25, 0.3) is 0 Å². The molecule has 0 amide bonds. The number of aromatic nitrogens is 1. The second-order valence-electron chi connectivity index (χ2n) is 4.93. The summed E-state index contributed by atoms with van der Waals surface area (Å²) in [5.41, 5.74) is -0.224. The highest BCUT2D eigenvalue weighted by atomic mass is 32.1. The average molecular weight is 330 g/mol. The Morgan fingerprint density at radius 2 is 2.09 bits per heavy atom. The number of aromatic hydroxyl groups is 1. The number of carboxylic acid groups (broad SMARTS) is 1. The second kappa shape index (κ2) is 5.77. The Kier molecular flexibility index (Phi) is 3.79. The highest BCUT2D eigenvalue weighted by molar-refractivity contribution is 7.22. The van der Waals surface area contributed by atoms with Gasteiger partial charge in [-0.2, -0.15) is 0 Å². The number of benzene rings is 1. The van der Waals surface area contributed by atoms with E-state index in [4.69, 9.17) is 5.11 Å². The fourth-order valence-corrected chi connectivity index (χ4v) is 3.44. The Morgan fingerprint density at radius 1 is 1.35 bits per heavy atom. The zero-order valence-electron chi connectivity index (χ0n) is 12.2. The summed E-state index contributed by atoms with van der Waals surface area (Å²) in [6, 6.07) is 8.39. The number of phenolic OH excluding ortho intramolecular Hbond substituents is 1. The molecule has 23 heavy (non-hydrogen) atoms. The Morgan fingerprint density at radius 3 is 2.74 bits per heavy atom. The van der Waals surface area contributed by atoms with Gasteiger partial charge in [-0.25, -0.2) is 4.79 Å². The predicted octanol–water partition coefficient (Wildman–Crippen LogP) is 3.23. The molecule has 1 aromatic carbocycles. The van der Waals surface area contributed by atoms with Crippen LogP contribution in [0.3, 0.4) is 0 Å². The van der Waals surface area contributed by atoms with Gasteiger partial charge in [-0.15, -0.1) is 0 Å². The van der Waals surface area contributed by atoms with Gasteiger partial charge in [0, 0.05) is 12.7 Å². The van der Waals surface area contributed by atoms with Crippen LogP contribution in [0.15, 0.2) is 41.3 Å². The zero-order chi connectivity index (χ0) is 16.6. The maximum absolute atomic E-state index is 12.3. The molecule has 0 aliphatic heterocycles. The molecule has 3 N–H and O–H groups in total. The summed E-state index contributed by atoms with van der Waals surface area (Å²) < 4.78 is 1.74. The number of para-hydroxylation sites is 2. The maximum Gasteiger partial charge on any atom is 0.341 e. The summed E-state index contributed by atoms with van der Waals surface area (Å²) in [6.07, 6.45) is 1.37. The minimum absolute atomic E-state index is 0.0990. The fraction of sp³-hybridized carbons (Fsp3) is 0.125. The summed E-state index contributed by atoms with van der Waals surface area (Å²) in [7, 11) is 0. The number of rotatable bonds is 4. The third-order valence-corrected chi connectivity index (χ3v) is 4.57. The van der Waals surface area contributed by atoms with Crippen LogP contribution < -0.4 is 10.7 Å². The number of anilines is 2. The maximum atomic E-state index is 12.3. The van der Waals surface area contributed by atoms with Gasteiger partial charge in [-0.05, 0) is 25.1 Å². The Bertz CT molecular complexity index is 958. The van der Waals surface area contributed by atoms with Gasteiger partial charge in [-0.1, -0.05) is 23.5 Å². The van der Waals surface area contributed by atoms with E-state index in [2.05, 4.69) is 5.32 Å². The molecule has 2 aromatic heterocycles. The van der Waals surface area contributed by atoms with Crippen molar-refractivity contribution in [1.82, 2.24) is 4.57 Å². The van der Waals surface area contributed by atoms with Gasteiger partial charge in [0.2, 0.25) is 5.43 Å². The molecule has 0 saturated carbocycles. The number of hydrogen-bond donors (Lipinski definition) is 3. The zero-order valence-corrected chi connectivity index (χ0v) is 13.1. The molecule has 0 unspecified atom stereocenters. The van der Waals surface area contributed by atoms with Crippen molar-refractivity contribution < 1.29 is 15.0 Å². The van der Waals surface area contributed by atoms with Crippen molar-refractivity contribution in [3.8, 4) is 5.75 Å². The van der Waals surface area contributed by atoms with E-state index in [1.807, 2.05) is 6.92 Å². The van der Waals surface area contributed by atoms with E-state index in [0.29, 0.717) is 27.4 Å². The van der Waals surface area contributed by atoms with Crippen molar-refractivity contribution in [3.63, 3.8) is 0 Å². The molecule has 2 heterocycles. The average Bonchev–Trinajstić information content (AvgIpc) is 2.94. The first-order valence-electron chi connectivity index (χ1n) is 6.96. The van der Waals surface area contributed by atoms with Crippen LogP contribution in [-0.2, 0) is 6.54 Å². The van der Waals surface area contributed by atoms with Crippen molar-refractivity contribution in [2.24, 2.45) is 0 Å². The van der Waals surface area contributed by atoms with Gasteiger partial charge in [0.15, 0.2) is 0 Å². The number of fused-ring (bicyclic) bond motifs is 1. The summed E-state index contributed by atoms with van der Waals surface area (Å²) in [4.78, 5) is 24.2. The van der Waals surface area contributed by atoms with Crippen LogP contribution in [0, 0.1) is 0 Å². The quantitative estimate of drug-likeness (QED) is 0.639. The SMILES string of the molecule is CCn1cc(C(=O)O)c(=O)c2cc(Nc3ccccc3O)sc21. The van der Waals surface area contributed by atoms with Gasteiger partial charge in [-0.3, -0.25) is 4.79 Å². The number of carbonyl (C=O) groups is 1. The number of pyridine rings is 1. The van der Waals surface area contributed by atoms with Gasteiger partial charge < -0.3 is 20.1 Å². The van der Waals surface area contributed by atoms with Gasteiger partial charge in [0.05, 0.1) is 16.1 Å². The van der Waals surface area contributed by atoms with E-state index in [1.165, 1.54) is 17.5 Å². The third-order valence-electron chi connectivity index (χ3n) is 3.48. The monoisotopic (exact) mass is 330 g/mol. The Labute approximate surface area is 135 Å². The van der Waals surface area contributed by atoms with E-state index < -0.39 is 11.4 Å². The number of phenols is 1. The first kappa shape index (κ1) is 15.1. The predicted molar refractivity (Wildman–Crippen MR) is 90.1 cm³/mol. The van der Waals surface area contributed by atoms with Crippen LogP contribution >= 0.6 is 11.3 Å². The highest BCUT2D eigenvalue weighted by Crippen LogP contribution is 2.33. The number of nitrogens with zero attached hydrogens (tertiary/aromatic N) is 1. The van der Waals surface area contributed by atoms with Gasteiger partial charge in [0.1, 0.15) is 16.1 Å². The third kappa shape index (κ3) is 2.66. The summed E-state index contributed by atoms with van der Waals surface area (Å²) >= 11 is 1.33. The van der Waals surface area contributed by atoms with Gasteiger partial charge >= 0.3 is 5.97 Å². The standard InChI is InChI=1S/C16H14N2O4S/c1-2-18-8-10(16(21)22)14(20)9-7-13(23-15(9)18)17-11-5-3-4-6-12(11)19/h3-8,17,19H,2H2,1H3,(H,21,22). The van der Waals surface area contributed by atoms with E-state index in [9.17, 15) is 14.7 Å². The Balaban J connectivity index is 2.15. The molecule has 3 rings (SSSR count). The van der Waals surface area contributed by atoms with E-state index in [0.717, 1.165) is 0 Å². The minimum Gasteiger partial charge on any atom is -0.506 e. The Hall–Kier alpha value is -2.80. The fourth-order valence-electron chi connectivity index (χ4n) is 2.34. The molecule has 0 radical (unpaired) electrons. The van der Waals surface area contributed by atoms with Crippen molar-refractivity contribution in [1.29, 1.82) is 0 Å². The minimum atomic E-state index is -1.24. The number of carboxylic acids is 1. The lowest BCUT2D eigenvalue weighted by Gasteiger charge is -2.06. The highest BCUT2D eigenvalue weighted by Gasteiger charge is 2.17. The topological polar surface area (TPSA) is 91.6 Å². The molecule has 0 aliphatic carbocycles. The molecule has 0 bridgehead atoms. The lowest BCUT2D eigenvalue weighted by Crippen LogP contribution is -2.17. The number of aromatic carboxylic acids is 1. The summed E-state index contributed by atoms with van der Waals surface area (Å²) in [5.74, 6) is -1.14. The molecule has 0 saturated heterocycles. The molecule has 0 spiro atoms. The normalized spacial score (nSPS) is 10.8. The van der Waals surface area contributed by atoms with Crippen molar-refractivity contribution >= 4 is 38.2 Å². The molecular weight excluding hydrogens is 316 g/mol. The van der Waals surface area contributed by atoms with Crippen molar-refractivity contribution in [2.75, 3.05) is 5.32 Å². The molecular formula is C16H14N2O4S. The van der Waals surface area contributed by atoms with Crippen LogP contribution in [0.2, 0.25) is 0 Å². The molecule has 6 nitrogen and oxygen atoms in total. The number of nitrogens with one attached hydrogen (secondary N) is 1. The molecule has 0 aliphatic rings. The van der Waals surface area contributed by atoms with Crippen LogP contribution in [0.5, 0.6) is 5.75 Å². The lowest BCUT2D eigenvalue weighted by atomic mass is 10.2. The second-order valence-corrected chi connectivity index (χ2v) is 5.97. The molecule has 0 atom stereocenters. The van der Waals surface area contributed by atoms with E-state index in [-0.39, 0.29) is 11.3 Å². The summed E-state index contributed by atoms with van der Waals surface area (Å²) in [6.45, 7) is 2.43. The van der Waals surface area contributed by atoms with Crippen LogP contribution in [0.4, 0.5) is 10.7 Å². The number of hydrogen-bond acceptors (Lipinski definition) is 5. The molecule has 7 heteroatoms. The van der Waals surface area contributed by atoms with E-state index in [1.54, 1.807) is 34.9 Å². The van der Waals surface area contributed by atoms with Crippen LogP contribution in [-0.4, -0.2) is 20.7 Å². The van der Waals surface area contributed by atoms with Crippen molar-refractivity contribution in [3.05, 3.63) is 52.3 Å². The van der Waals surface area contributed by atoms with Crippen LogP contribution in [0.25, 0.3) is 10.2 Å². The number of aryl methyl sites for hydroxylation is 1. The molecule has 118 valence electrons. The van der Waals surface area contributed by atoms with Crippen molar-refractivity contribution in [2.45, 2.75) is 13.5 Å². The molecule has 3 aromatic rings.